The molecule has 3 rings (SSSR count). The van der Waals surface area contributed by atoms with E-state index in [9.17, 15) is 0 Å². The molecule has 1 N–H and O–H groups in total. The van der Waals surface area contributed by atoms with Crippen molar-refractivity contribution >= 4 is 33.2 Å². The van der Waals surface area contributed by atoms with Crippen LogP contribution in [0.15, 0.2) is 65.7 Å². The number of hydrogen-bond acceptors (Lipinski definition) is 2. The Morgan fingerprint density at radius 2 is 2.00 bits per heavy atom. The van der Waals surface area contributed by atoms with E-state index in [0.717, 1.165) is 15.8 Å². The van der Waals surface area contributed by atoms with Gasteiger partial charge in [-0.1, -0.05) is 51.8 Å². The maximum absolute atomic E-state index is 6.34. The number of anilines is 1. The van der Waals surface area contributed by atoms with E-state index in [1.54, 1.807) is 12.5 Å². The number of nitrogens with zero attached hydrogens (tertiary/aromatic N) is 2. The molecule has 0 saturated carbocycles. The maximum atomic E-state index is 6.34. The molecular formula is C16H13BrClN3. The molecule has 0 aliphatic carbocycles. The van der Waals surface area contributed by atoms with E-state index in [0.29, 0.717) is 11.6 Å². The van der Waals surface area contributed by atoms with Gasteiger partial charge in [-0.25, -0.2) is 4.98 Å². The Morgan fingerprint density at radius 1 is 1.14 bits per heavy atom. The molecule has 0 aliphatic rings. The molecule has 1 heterocycles. The van der Waals surface area contributed by atoms with Crippen molar-refractivity contribution in [2.45, 2.75) is 6.54 Å². The highest BCUT2D eigenvalue weighted by atomic mass is 79.9. The number of rotatable bonds is 4. The molecule has 5 heteroatoms. The summed E-state index contributed by atoms with van der Waals surface area (Å²) in [7, 11) is 0. The van der Waals surface area contributed by atoms with Crippen LogP contribution in [0, 0.1) is 0 Å². The van der Waals surface area contributed by atoms with E-state index < -0.39 is 0 Å². The van der Waals surface area contributed by atoms with Gasteiger partial charge >= 0.3 is 0 Å². The second kappa shape index (κ2) is 6.33. The summed E-state index contributed by atoms with van der Waals surface area (Å²) in [5, 5.41) is 4.12. The third kappa shape index (κ3) is 3.12. The SMILES string of the molecule is Clc1cccc(NCc2ccccc2Br)c1-n1ccnc1. The van der Waals surface area contributed by atoms with Crippen LogP contribution in [0.2, 0.25) is 5.02 Å². The molecular weight excluding hydrogens is 350 g/mol. The van der Waals surface area contributed by atoms with Gasteiger partial charge in [0.15, 0.2) is 0 Å². The van der Waals surface area contributed by atoms with Crippen LogP contribution in [0.25, 0.3) is 5.69 Å². The molecule has 0 radical (unpaired) electrons. The van der Waals surface area contributed by atoms with Gasteiger partial charge in [0.25, 0.3) is 0 Å². The van der Waals surface area contributed by atoms with E-state index in [2.05, 4.69) is 32.3 Å². The highest BCUT2D eigenvalue weighted by Gasteiger charge is 2.09. The molecule has 0 spiro atoms. The molecule has 0 atom stereocenters. The highest BCUT2D eigenvalue weighted by Crippen LogP contribution is 2.29. The number of imidazole rings is 1. The summed E-state index contributed by atoms with van der Waals surface area (Å²) in [5.41, 5.74) is 3.06. The van der Waals surface area contributed by atoms with Crippen molar-refractivity contribution in [3.8, 4) is 5.69 Å². The van der Waals surface area contributed by atoms with Crippen molar-refractivity contribution in [2.75, 3.05) is 5.32 Å². The predicted molar refractivity (Wildman–Crippen MR) is 90.0 cm³/mol. The van der Waals surface area contributed by atoms with Gasteiger partial charge < -0.3 is 9.88 Å². The second-order valence-corrected chi connectivity index (χ2v) is 5.81. The van der Waals surface area contributed by atoms with Gasteiger partial charge in [-0.3, -0.25) is 0 Å². The zero-order chi connectivity index (χ0) is 14.7. The van der Waals surface area contributed by atoms with E-state index in [-0.39, 0.29) is 0 Å². The number of halogens is 2. The fourth-order valence-corrected chi connectivity index (χ4v) is 2.84. The van der Waals surface area contributed by atoms with Crippen LogP contribution < -0.4 is 5.32 Å². The zero-order valence-corrected chi connectivity index (χ0v) is 13.5. The Labute approximate surface area is 136 Å². The summed E-state index contributed by atoms with van der Waals surface area (Å²) >= 11 is 9.90. The fourth-order valence-electron chi connectivity index (χ4n) is 2.14. The maximum Gasteiger partial charge on any atom is 0.0992 e. The van der Waals surface area contributed by atoms with Crippen LogP contribution in [0.4, 0.5) is 5.69 Å². The van der Waals surface area contributed by atoms with E-state index >= 15 is 0 Å². The average Bonchev–Trinajstić information content (AvgIpc) is 3.00. The second-order valence-electron chi connectivity index (χ2n) is 4.55. The number of para-hydroxylation sites is 1. The first-order valence-corrected chi connectivity index (χ1v) is 7.67. The van der Waals surface area contributed by atoms with Crippen LogP contribution in [0.5, 0.6) is 0 Å². The lowest BCUT2D eigenvalue weighted by atomic mass is 10.2. The minimum absolute atomic E-state index is 0.685. The van der Waals surface area contributed by atoms with E-state index in [1.165, 1.54) is 5.56 Å². The lowest BCUT2D eigenvalue weighted by Crippen LogP contribution is -2.04. The minimum atomic E-state index is 0.685. The molecule has 0 aliphatic heterocycles. The molecule has 3 aromatic rings. The van der Waals surface area contributed by atoms with E-state index in [4.69, 9.17) is 11.6 Å². The van der Waals surface area contributed by atoms with Crippen LogP contribution in [0.3, 0.4) is 0 Å². The summed E-state index contributed by atoms with van der Waals surface area (Å²) in [5.74, 6) is 0. The monoisotopic (exact) mass is 361 g/mol. The van der Waals surface area contributed by atoms with Gasteiger partial charge in [0.1, 0.15) is 0 Å². The zero-order valence-electron chi connectivity index (χ0n) is 11.1. The molecule has 0 saturated heterocycles. The Hall–Kier alpha value is -1.78. The van der Waals surface area contributed by atoms with Crippen molar-refractivity contribution in [2.24, 2.45) is 0 Å². The Morgan fingerprint density at radius 3 is 2.76 bits per heavy atom. The third-order valence-electron chi connectivity index (χ3n) is 3.18. The summed E-state index contributed by atoms with van der Waals surface area (Å²) < 4.78 is 2.99. The number of nitrogens with one attached hydrogen (secondary N) is 1. The van der Waals surface area contributed by atoms with Gasteiger partial charge in [0.2, 0.25) is 0 Å². The van der Waals surface area contributed by atoms with Gasteiger partial charge in [-0.05, 0) is 23.8 Å². The minimum Gasteiger partial charge on any atom is -0.379 e. The lowest BCUT2D eigenvalue weighted by Gasteiger charge is -2.14. The number of aromatic nitrogens is 2. The van der Waals surface area contributed by atoms with Crippen molar-refractivity contribution in [3.63, 3.8) is 0 Å². The van der Waals surface area contributed by atoms with Gasteiger partial charge in [-0.15, -0.1) is 0 Å². The first-order valence-electron chi connectivity index (χ1n) is 6.50. The standard InChI is InChI=1S/C16H13BrClN3/c17-13-5-2-1-4-12(13)10-20-15-7-3-6-14(18)16(15)21-9-8-19-11-21/h1-9,11,20H,10H2. The molecule has 0 unspecified atom stereocenters. The Bertz CT molecular complexity index is 741. The predicted octanol–water partition coefficient (Wildman–Crippen LogP) is 4.90. The molecule has 0 fully saturated rings. The molecule has 106 valence electrons. The van der Waals surface area contributed by atoms with E-state index in [1.807, 2.05) is 47.2 Å². The molecule has 1 aromatic heterocycles. The van der Waals surface area contributed by atoms with Crippen LogP contribution in [-0.2, 0) is 6.54 Å². The van der Waals surface area contributed by atoms with Crippen LogP contribution >= 0.6 is 27.5 Å². The summed E-state index contributed by atoms with van der Waals surface area (Å²) in [4.78, 5) is 4.08. The first kappa shape index (κ1) is 14.2. The molecule has 2 aromatic carbocycles. The first-order chi connectivity index (χ1) is 10.3. The largest absolute Gasteiger partial charge is 0.379 e. The quantitative estimate of drug-likeness (QED) is 0.715. The summed E-state index contributed by atoms with van der Waals surface area (Å²) in [6.07, 6.45) is 5.36. The number of hydrogen-bond donors (Lipinski definition) is 1. The summed E-state index contributed by atoms with van der Waals surface area (Å²) in [6.45, 7) is 0.712. The number of benzene rings is 2. The lowest BCUT2D eigenvalue weighted by molar-refractivity contribution is 1.04. The fraction of sp³-hybridized carbons (Fsp3) is 0.0625. The molecule has 21 heavy (non-hydrogen) atoms. The van der Waals surface area contributed by atoms with Gasteiger partial charge in [0.05, 0.1) is 22.7 Å². The summed E-state index contributed by atoms with van der Waals surface area (Å²) in [6, 6.07) is 14.0. The van der Waals surface area contributed by atoms with Crippen molar-refractivity contribution in [3.05, 3.63) is 76.2 Å². The Balaban J connectivity index is 1.90. The van der Waals surface area contributed by atoms with Crippen LogP contribution in [0.1, 0.15) is 5.56 Å². The van der Waals surface area contributed by atoms with Crippen molar-refractivity contribution in [1.82, 2.24) is 9.55 Å². The Kier molecular flexibility index (Phi) is 4.27. The highest BCUT2D eigenvalue weighted by molar-refractivity contribution is 9.10. The third-order valence-corrected chi connectivity index (χ3v) is 4.26. The van der Waals surface area contributed by atoms with Crippen molar-refractivity contribution < 1.29 is 0 Å². The van der Waals surface area contributed by atoms with Crippen LogP contribution in [-0.4, -0.2) is 9.55 Å². The van der Waals surface area contributed by atoms with Crippen molar-refractivity contribution in [1.29, 1.82) is 0 Å². The average molecular weight is 363 g/mol. The molecule has 3 nitrogen and oxygen atoms in total. The molecule has 0 amide bonds. The normalized spacial score (nSPS) is 10.6. The smallest absolute Gasteiger partial charge is 0.0992 e. The van der Waals surface area contributed by atoms with Gasteiger partial charge in [-0.2, -0.15) is 0 Å². The topological polar surface area (TPSA) is 29.9 Å². The van der Waals surface area contributed by atoms with Gasteiger partial charge in [0, 0.05) is 23.4 Å². The molecule has 0 bridgehead atoms.